The zero-order valence-electron chi connectivity index (χ0n) is 11.0. The average molecular weight is 262 g/mol. The van der Waals surface area contributed by atoms with Gasteiger partial charge in [-0.2, -0.15) is 0 Å². The Morgan fingerprint density at radius 3 is 3.00 bits per heavy atom. The Hall–Kier alpha value is -1.59. The number of fused-ring (bicyclic) bond motifs is 1. The van der Waals surface area contributed by atoms with Crippen LogP contribution in [0.15, 0.2) is 24.3 Å². The quantitative estimate of drug-likeness (QED) is 0.812. The van der Waals surface area contributed by atoms with Crippen LogP contribution in [0, 0.1) is 5.41 Å². The van der Waals surface area contributed by atoms with Crippen molar-refractivity contribution in [1.29, 1.82) is 0 Å². The van der Waals surface area contributed by atoms with Gasteiger partial charge in [-0.05, 0) is 19.1 Å². The molecule has 0 aromatic heterocycles. The Morgan fingerprint density at radius 2 is 2.26 bits per heavy atom. The fourth-order valence-corrected chi connectivity index (χ4v) is 2.60. The van der Waals surface area contributed by atoms with E-state index in [4.69, 9.17) is 15.2 Å². The van der Waals surface area contributed by atoms with Crippen molar-refractivity contribution in [1.82, 2.24) is 0 Å². The summed E-state index contributed by atoms with van der Waals surface area (Å²) in [7, 11) is 0. The van der Waals surface area contributed by atoms with Gasteiger partial charge in [0.05, 0.1) is 30.9 Å². The van der Waals surface area contributed by atoms with Crippen LogP contribution in [0.5, 0.6) is 5.75 Å². The molecule has 2 aliphatic rings. The molecule has 2 aliphatic heterocycles. The molecule has 1 saturated heterocycles. The van der Waals surface area contributed by atoms with E-state index in [-0.39, 0.29) is 11.9 Å². The largest absolute Gasteiger partial charge is 0.490 e. The number of ether oxygens (including phenoxy) is 2. The molecule has 0 spiro atoms. The minimum Gasteiger partial charge on any atom is -0.490 e. The molecule has 2 unspecified atom stereocenters. The summed E-state index contributed by atoms with van der Waals surface area (Å²) in [6.07, 6.45) is 0. The summed E-state index contributed by atoms with van der Waals surface area (Å²) in [4.78, 5) is 14.6. The number of nitrogens with two attached hydrogens (primary N) is 1. The molecule has 0 radical (unpaired) electrons. The molecular formula is C14H18N2O3. The van der Waals surface area contributed by atoms with Gasteiger partial charge in [0.1, 0.15) is 12.4 Å². The fraction of sp³-hybridized carbons (Fsp3) is 0.500. The van der Waals surface area contributed by atoms with Crippen molar-refractivity contribution in [3.05, 3.63) is 24.3 Å². The number of anilines is 1. The number of carbonyl (C=O) groups is 1. The lowest BCUT2D eigenvalue weighted by Crippen LogP contribution is -2.53. The summed E-state index contributed by atoms with van der Waals surface area (Å²) in [5.74, 6) is 0.770. The highest BCUT2D eigenvalue weighted by Crippen LogP contribution is 2.36. The molecule has 2 atom stereocenters. The number of hydrogen-bond donors (Lipinski definition) is 1. The maximum Gasteiger partial charge on any atom is 0.237 e. The third-order valence-electron chi connectivity index (χ3n) is 3.98. The van der Waals surface area contributed by atoms with Crippen molar-refractivity contribution in [2.75, 3.05) is 31.3 Å². The Labute approximate surface area is 112 Å². The lowest BCUT2D eigenvalue weighted by Gasteiger charge is -2.36. The lowest BCUT2D eigenvalue weighted by molar-refractivity contribution is -0.128. The Morgan fingerprint density at radius 1 is 1.47 bits per heavy atom. The third-order valence-corrected chi connectivity index (χ3v) is 3.98. The average Bonchev–Trinajstić information content (AvgIpc) is 2.78. The van der Waals surface area contributed by atoms with Crippen molar-refractivity contribution in [3.8, 4) is 5.75 Å². The van der Waals surface area contributed by atoms with Crippen LogP contribution in [0.4, 0.5) is 5.69 Å². The second kappa shape index (κ2) is 4.51. The summed E-state index contributed by atoms with van der Waals surface area (Å²) in [6.45, 7) is 3.76. The second-order valence-electron chi connectivity index (χ2n) is 5.31. The van der Waals surface area contributed by atoms with Crippen LogP contribution in [0.2, 0.25) is 0 Å². The highest BCUT2D eigenvalue weighted by molar-refractivity contribution is 5.99. The van der Waals surface area contributed by atoms with E-state index in [0.717, 1.165) is 11.4 Å². The SMILES string of the molecule is CC1(C(=O)N2CCOc3ccccc32)COCC1N. The van der Waals surface area contributed by atoms with Crippen LogP contribution < -0.4 is 15.4 Å². The second-order valence-corrected chi connectivity index (χ2v) is 5.31. The highest BCUT2D eigenvalue weighted by atomic mass is 16.5. The van der Waals surface area contributed by atoms with E-state index in [1.54, 1.807) is 4.90 Å². The van der Waals surface area contributed by atoms with Crippen LogP contribution in [0.25, 0.3) is 0 Å². The van der Waals surface area contributed by atoms with Crippen molar-refractivity contribution >= 4 is 11.6 Å². The number of benzene rings is 1. The molecule has 0 aliphatic carbocycles. The van der Waals surface area contributed by atoms with Gasteiger partial charge in [-0.1, -0.05) is 12.1 Å². The normalized spacial score (nSPS) is 29.8. The number of para-hydroxylation sites is 2. The van der Waals surface area contributed by atoms with Crippen molar-refractivity contribution in [2.45, 2.75) is 13.0 Å². The lowest BCUT2D eigenvalue weighted by atomic mass is 9.84. The fourth-order valence-electron chi connectivity index (χ4n) is 2.60. The molecule has 1 fully saturated rings. The minimum atomic E-state index is -0.648. The highest BCUT2D eigenvalue weighted by Gasteiger charge is 2.47. The summed E-state index contributed by atoms with van der Waals surface area (Å²) in [5.41, 5.74) is 6.21. The molecule has 1 aromatic rings. The van der Waals surface area contributed by atoms with Gasteiger partial charge < -0.3 is 20.1 Å². The van der Waals surface area contributed by atoms with Gasteiger partial charge >= 0.3 is 0 Å². The van der Waals surface area contributed by atoms with Crippen molar-refractivity contribution < 1.29 is 14.3 Å². The van der Waals surface area contributed by atoms with E-state index in [9.17, 15) is 4.79 Å². The predicted octanol–water partition coefficient (Wildman–Crippen LogP) is 0.776. The van der Waals surface area contributed by atoms with Crippen LogP contribution in [-0.4, -0.2) is 38.3 Å². The van der Waals surface area contributed by atoms with Gasteiger partial charge in [-0.15, -0.1) is 0 Å². The van der Waals surface area contributed by atoms with E-state index in [2.05, 4.69) is 0 Å². The number of amides is 1. The smallest absolute Gasteiger partial charge is 0.237 e. The molecule has 5 nitrogen and oxygen atoms in total. The van der Waals surface area contributed by atoms with E-state index >= 15 is 0 Å². The van der Waals surface area contributed by atoms with Gasteiger partial charge in [-0.3, -0.25) is 4.79 Å². The van der Waals surface area contributed by atoms with Crippen LogP contribution in [-0.2, 0) is 9.53 Å². The van der Waals surface area contributed by atoms with Gasteiger partial charge in [0.2, 0.25) is 5.91 Å². The molecule has 19 heavy (non-hydrogen) atoms. The topological polar surface area (TPSA) is 64.8 Å². The maximum atomic E-state index is 12.8. The monoisotopic (exact) mass is 262 g/mol. The molecule has 2 N–H and O–H groups in total. The number of carbonyl (C=O) groups excluding carboxylic acids is 1. The third kappa shape index (κ3) is 1.89. The molecule has 3 rings (SSSR count). The zero-order chi connectivity index (χ0) is 13.5. The maximum absolute atomic E-state index is 12.8. The Bertz CT molecular complexity index is 505. The number of nitrogens with zero attached hydrogens (tertiary/aromatic N) is 1. The zero-order valence-corrected chi connectivity index (χ0v) is 11.0. The van der Waals surface area contributed by atoms with E-state index in [0.29, 0.717) is 26.4 Å². The van der Waals surface area contributed by atoms with Crippen LogP contribution in [0.1, 0.15) is 6.92 Å². The Balaban J connectivity index is 1.93. The van der Waals surface area contributed by atoms with Crippen LogP contribution >= 0.6 is 0 Å². The first-order valence-corrected chi connectivity index (χ1v) is 6.50. The number of rotatable bonds is 1. The van der Waals surface area contributed by atoms with Crippen LogP contribution in [0.3, 0.4) is 0 Å². The first kappa shape index (κ1) is 12.4. The molecule has 0 bridgehead atoms. The molecule has 1 amide bonds. The van der Waals surface area contributed by atoms with E-state index in [1.807, 2.05) is 31.2 Å². The Kier molecular flexibility index (Phi) is 2.95. The summed E-state index contributed by atoms with van der Waals surface area (Å²) >= 11 is 0. The molecule has 102 valence electrons. The van der Waals surface area contributed by atoms with E-state index in [1.165, 1.54) is 0 Å². The van der Waals surface area contributed by atoms with Gasteiger partial charge in [0, 0.05) is 6.04 Å². The van der Waals surface area contributed by atoms with Gasteiger partial charge in [0.25, 0.3) is 0 Å². The summed E-state index contributed by atoms with van der Waals surface area (Å²) < 4.78 is 10.9. The molecular weight excluding hydrogens is 244 g/mol. The van der Waals surface area contributed by atoms with E-state index < -0.39 is 5.41 Å². The molecule has 1 aromatic carbocycles. The summed E-state index contributed by atoms with van der Waals surface area (Å²) in [5, 5.41) is 0. The van der Waals surface area contributed by atoms with Gasteiger partial charge in [-0.25, -0.2) is 0 Å². The molecule has 0 saturated carbocycles. The number of hydrogen-bond acceptors (Lipinski definition) is 4. The standard InChI is InChI=1S/C14H18N2O3/c1-14(9-18-8-12(14)15)13(17)16-6-7-19-11-5-3-2-4-10(11)16/h2-5,12H,6-9,15H2,1H3. The molecule has 5 heteroatoms. The summed E-state index contributed by atoms with van der Waals surface area (Å²) in [6, 6.07) is 7.33. The van der Waals surface area contributed by atoms with Gasteiger partial charge in [0.15, 0.2) is 0 Å². The van der Waals surface area contributed by atoms with Crippen molar-refractivity contribution in [2.24, 2.45) is 11.1 Å². The first-order valence-electron chi connectivity index (χ1n) is 6.50. The van der Waals surface area contributed by atoms with Crippen molar-refractivity contribution in [3.63, 3.8) is 0 Å². The minimum absolute atomic E-state index is 0.0215. The first-order chi connectivity index (χ1) is 9.13. The molecule has 2 heterocycles. The predicted molar refractivity (Wildman–Crippen MR) is 71.2 cm³/mol.